The summed E-state index contributed by atoms with van der Waals surface area (Å²) in [5, 5.41) is 0. The minimum Gasteiger partial charge on any atom is -0.369 e. The summed E-state index contributed by atoms with van der Waals surface area (Å²) < 4.78 is 5.32. The first-order chi connectivity index (χ1) is 9.22. The lowest BCUT2D eigenvalue weighted by atomic mass is 10.0. The second-order valence-electron chi connectivity index (χ2n) is 4.23. The Balaban J connectivity index is 0.00000154. The summed E-state index contributed by atoms with van der Waals surface area (Å²) in [4.78, 5) is 21.7. The first-order valence-corrected chi connectivity index (χ1v) is 6.79. The molecule has 0 aliphatic heterocycles. The van der Waals surface area contributed by atoms with Crippen LogP contribution in [0.2, 0.25) is 0 Å². The van der Waals surface area contributed by atoms with Gasteiger partial charge in [0.15, 0.2) is 5.78 Å². The van der Waals surface area contributed by atoms with Gasteiger partial charge in [0.05, 0.1) is 6.61 Å². The Morgan fingerprint density at radius 1 is 1.26 bits per heavy atom. The van der Waals surface area contributed by atoms with Crippen molar-refractivity contribution in [3.05, 3.63) is 35.9 Å². The van der Waals surface area contributed by atoms with E-state index in [-0.39, 0.29) is 18.3 Å². The average Bonchev–Trinajstić information content (AvgIpc) is 2.42. The van der Waals surface area contributed by atoms with Crippen molar-refractivity contribution in [2.75, 3.05) is 6.61 Å². The van der Waals surface area contributed by atoms with Crippen molar-refractivity contribution in [2.45, 2.75) is 40.2 Å². The lowest BCUT2D eigenvalue weighted by molar-refractivity contribution is -0.124. The van der Waals surface area contributed by atoms with E-state index in [2.05, 4.69) is 0 Å². The zero-order valence-corrected chi connectivity index (χ0v) is 12.1. The molecule has 19 heavy (non-hydrogen) atoms. The van der Waals surface area contributed by atoms with Crippen LogP contribution in [-0.2, 0) is 20.9 Å². The molecule has 0 bridgehead atoms. The fourth-order valence-corrected chi connectivity index (χ4v) is 1.55. The summed E-state index contributed by atoms with van der Waals surface area (Å²) in [6, 6.07) is 9.73. The molecule has 0 aliphatic carbocycles. The molecule has 0 heterocycles. The summed E-state index contributed by atoms with van der Waals surface area (Å²) in [5.74, 6) is 0.163. The summed E-state index contributed by atoms with van der Waals surface area (Å²) in [7, 11) is 0. The van der Waals surface area contributed by atoms with Crippen molar-refractivity contribution >= 4 is 12.1 Å². The maximum Gasteiger partial charge on any atom is 0.158 e. The number of carbonyl (C=O) groups excluding carboxylic acids is 2. The number of hydrogen-bond donors (Lipinski definition) is 0. The van der Waals surface area contributed by atoms with E-state index in [0.717, 1.165) is 11.8 Å². The number of aldehydes is 1. The number of benzene rings is 1. The van der Waals surface area contributed by atoms with Gasteiger partial charge in [-0.05, 0) is 11.5 Å². The van der Waals surface area contributed by atoms with Gasteiger partial charge in [0.25, 0.3) is 0 Å². The summed E-state index contributed by atoms with van der Waals surface area (Å²) in [5.41, 5.74) is 1.06. The molecule has 0 fully saturated rings. The monoisotopic (exact) mass is 264 g/mol. The van der Waals surface area contributed by atoms with E-state index in [1.54, 1.807) is 0 Å². The molecule has 0 aliphatic rings. The number of rotatable bonds is 8. The van der Waals surface area contributed by atoms with Gasteiger partial charge in [-0.1, -0.05) is 51.1 Å². The Morgan fingerprint density at radius 2 is 1.89 bits per heavy atom. The van der Waals surface area contributed by atoms with Gasteiger partial charge in [-0.3, -0.25) is 4.79 Å². The van der Waals surface area contributed by atoms with E-state index in [1.165, 1.54) is 0 Å². The smallest absolute Gasteiger partial charge is 0.158 e. The highest BCUT2D eigenvalue weighted by atomic mass is 16.5. The predicted octanol–water partition coefficient (Wildman–Crippen LogP) is 3.41. The van der Waals surface area contributed by atoms with Crippen molar-refractivity contribution in [3.8, 4) is 0 Å². The third-order valence-electron chi connectivity index (χ3n) is 2.45. The number of Topliss-reactive ketones (excluding diaryl/α,β-unsaturated/α-hetero) is 1. The van der Waals surface area contributed by atoms with Gasteiger partial charge in [-0.15, -0.1) is 0 Å². The highest BCUT2D eigenvalue weighted by Gasteiger charge is 2.08. The average molecular weight is 264 g/mol. The zero-order valence-electron chi connectivity index (χ0n) is 12.1. The van der Waals surface area contributed by atoms with Crippen molar-refractivity contribution in [1.29, 1.82) is 0 Å². The van der Waals surface area contributed by atoms with Crippen LogP contribution in [0.15, 0.2) is 30.3 Å². The first kappa shape index (κ1) is 17.5. The number of hydrogen-bond acceptors (Lipinski definition) is 3. The highest BCUT2D eigenvalue weighted by Crippen LogP contribution is 2.07. The van der Waals surface area contributed by atoms with Gasteiger partial charge in [0, 0.05) is 12.8 Å². The second kappa shape index (κ2) is 11.6. The molecule has 106 valence electrons. The molecular formula is C16H24O3. The molecule has 0 radical (unpaired) electrons. The Bertz CT molecular complexity index is 346. The molecule has 1 aromatic rings. The van der Waals surface area contributed by atoms with Crippen molar-refractivity contribution in [1.82, 2.24) is 0 Å². The largest absolute Gasteiger partial charge is 0.369 e. The third-order valence-corrected chi connectivity index (χ3v) is 2.45. The Hall–Kier alpha value is -1.48. The van der Waals surface area contributed by atoms with Crippen LogP contribution in [0.1, 0.15) is 39.2 Å². The van der Waals surface area contributed by atoms with Crippen LogP contribution < -0.4 is 0 Å². The van der Waals surface area contributed by atoms with E-state index in [9.17, 15) is 9.59 Å². The van der Waals surface area contributed by atoms with E-state index < -0.39 is 0 Å². The molecule has 3 nitrogen and oxygen atoms in total. The van der Waals surface area contributed by atoms with Crippen molar-refractivity contribution in [3.63, 3.8) is 0 Å². The summed E-state index contributed by atoms with van der Waals surface area (Å²) in [6.07, 6.45) is 1.70. The Labute approximate surface area is 116 Å². The molecule has 0 saturated heterocycles. The van der Waals surface area contributed by atoms with Crippen molar-refractivity contribution < 1.29 is 14.3 Å². The molecule has 0 amide bonds. The standard InChI is InChI=1S/C14H18O3.C2H6/c1-12(7-8-15)9-14(16)11-17-10-13-5-3-2-4-6-13;1-2/h2-6,8,12H,7,9-11H2,1H3;1-2H3. The number of carbonyl (C=O) groups is 2. The normalized spacial score (nSPS) is 11.1. The van der Waals surface area contributed by atoms with Crippen LogP contribution in [0.4, 0.5) is 0 Å². The van der Waals surface area contributed by atoms with Crippen LogP contribution in [0.25, 0.3) is 0 Å². The second-order valence-corrected chi connectivity index (χ2v) is 4.23. The zero-order chi connectivity index (χ0) is 14.5. The molecule has 1 rings (SSSR count). The molecule has 0 spiro atoms. The first-order valence-electron chi connectivity index (χ1n) is 6.79. The minimum absolute atomic E-state index is 0.0512. The van der Waals surface area contributed by atoms with Crippen LogP contribution in [0, 0.1) is 5.92 Å². The third kappa shape index (κ3) is 9.14. The van der Waals surface area contributed by atoms with Gasteiger partial charge in [-0.2, -0.15) is 0 Å². The molecule has 0 saturated carbocycles. The molecule has 0 N–H and O–H groups in total. The number of ether oxygens (including phenoxy) is 1. The maximum absolute atomic E-state index is 11.5. The molecule has 0 aromatic heterocycles. The molecule has 3 heteroatoms. The molecule has 1 aromatic carbocycles. The lowest BCUT2D eigenvalue weighted by Gasteiger charge is -2.07. The summed E-state index contributed by atoms with van der Waals surface area (Å²) >= 11 is 0. The van der Waals surface area contributed by atoms with Crippen LogP contribution >= 0.6 is 0 Å². The SMILES string of the molecule is CC.CC(CC=O)CC(=O)COCc1ccccc1. The summed E-state index contributed by atoms with van der Waals surface area (Å²) in [6.45, 7) is 6.47. The molecule has 1 atom stereocenters. The fourth-order valence-electron chi connectivity index (χ4n) is 1.55. The highest BCUT2D eigenvalue weighted by molar-refractivity contribution is 5.80. The minimum atomic E-state index is 0.0512. The van der Waals surface area contributed by atoms with Crippen LogP contribution in [-0.4, -0.2) is 18.7 Å². The van der Waals surface area contributed by atoms with Gasteiger partial charge < -0.3 is 9.53 Å². The lowest BCUT2D eigenvalue weighted by Crippen LogP contribution is -2.12. The Morgan fingerprint density at radius 3 is 2.47 bits per heavy atom. The van der Waals surface area contributed by atoms with E-state index in [0.29, 0.717) is 19.4 Å². The quantitative estimate of drug-likeness (QED) is 0.676. The maximum atomic E-state index is 11.5. The van der Waals surface area contributed by atoms with E-state index in [1.807, 2.05) is 51.1 Å². The van der Waals surface area contributed by atoms with E-state index >= 15 is 0 Å². The number of ketones is 1. The van der Waals surface area contributed by atoms with Gasteiger partial charge in [0.1, 0.15) is 12.9 Å². The van der Waals surface area contributed by atoms with Crippen LogP contribution in [0.3, 0.4) is 0 Å². The topological polar surface area (TPSA) is 43.4 Å². The predicted molar refractivity (Wildman–Crippen MR) is 76.9 cm³/mol. The van der Waals surface area contributed by atoms with Gasteiger partial charge in [-0.25, -0.2) is 0 Å². The van der Waals surface area contributed by atoms with Gasteiger partial charge >= 0.3 is 0 Å². The molecule has 1 unspecified atom stereocenters. The van der Waals surface area contributed by atoms with Crippen molar-refractivity contribution in [2.24, 2.45) is 5.92 Å². The Kier molecular flexibility index (Phi) is 10.7. The van der Waals surface area contributed by atoms with Crippen LogP contribution in [0.5, 0.6) is 0 Å². The fraction of sp³-hybridized carbons (Fsp3) is 0.500. The van der Waals surface area contributed by atoms with E-state index in [4.69, 9.17) is 4.74 Å². The molecular weight excluding hydrogens is 240 g/mol. The van der Waals surface area contributed by atoms with Gasteiger partial charge in [0.2, 0.25) is 0 Å².